The minimum Gasteiger partial charge on any atom is -0.380 e. The SMILES string of the molecule is CCOCC(CC(C)C)NC1=N/C(=C\c2ccc3nccnc3c2)C(=O)N1. The van der Waals surface area contributed by atoms with E-state index in [-0.39, 0.29) is 11.9 Å². The number of hydrogen-bond donors (Lipinski definition) is 2. The summed E-state index contributed by atoms with van der Waals surface area (Å²) in [5, 5.41) is 6.08. The average molecular weight is 367 g/mol. The van der Waals surface area contributed by atoms with Gasteiger partial charge in [-0.3, -0.25) is 20.1 Å². The van der Waals surface area contributed by atoms with Gasteiger partial charge in [0.25, 0.3) is 5.91 Å². The molecule has 1 unspecified atom stereocenters. The molecular formula is C20H25N5O2. The molecule has 1 aliphatic rings. The fourth-order valence-electron chi connectivity index (χ4n) is 2.96. The standard InChI is InChI=1S/C20H25N5O2/c1-4-27-12-15(9-13(2)3)23-20-24-18(19(26)25-20)11-14-5-6-16-17(10-14)22-8-7-21-16/h5-8,10-11,13,15H,4,9,12H2,1-3H3,(H2,23,24,25,26)/b18-11-. The maximum absolute atomic E-state index is 12.3. The van der Waals surface area contributed by atoms with Crippen LogP contribution < -0.4 is 10.6 Å². The molecule has 0 saturated carbocycles. The van der Waals surface area contributed by atoms with Crippen molar-refractivity contribution in [2.45, 2.75) is 33.2 Å². The van der Waals surface area contributed by atoms with E-state index in [0.29, 0.717) is 30.8 Å². The molecule has 1 aliphatic heterocycles. The summed E-state index contributed by atoms with van der Waals surface area (Å²) in [6.45, 7) is 7.51. The Bertz CT molecular complexity index is 876. The van der Waals surface area contributed by atoms with Crippen LogP contribution in [0.4, 0.5) is 0 Å². The zero-order chi connectivity index (χ0) is 19.2. The molecule has 1 aromatic carbocycles. The summed E-state index contributed by atoms with van der Waals surface area (Å²) in [5.41, 5.74) is 2.81. The van der Waals surface area contributed by atoms with Crippen LogP contribution in [0.2, 0.25) is 0 Å². The molecule has 2 N–H and O–H groups in total. The number of guanidine groups is 1. The predicted octanol–water partition coefficient (Wildman–Crippen LogP) is 2.50. The van der Waals surface area contributed by atoms with Crippen LogP contribution in [0.1, 0.15) is 32.8 Å². The van der Waals surface area contributed by atoms with E-state index >= 15 is 0 Å². The third-order valence-corrected chi connectivity index (χ3v) is 4.11. The number of benzene rings is 1. The Balaban J connectivity index is 1.76. The number of hydrogen-bond acceptors (Lipinski definition) is 6. The van der Waals surface area contributed by atoms with Crippen LogP contribution in [-0.2, 0) is 9.53 Å². The maximum atomic E-state index is 12.3. The molecule has 1 amide bonds. The van der Waals surface area contributed by atoms with E-state index in [1.54, 1.807) is 18.5 Å². The number of fused-ring (bicyclic) bond motifs is 1. The van der Waals surface area contributed by atoms with Crippen LogP contribution in [0.3, 0.4) is 0 Å². The van der Waals surface area contributed by atoms with Gasteiger partial charge < -0.3 is 10.1 Å². The van der Waals surface area contributed by atoms with Crippen molar-refractivity contribution in [2.24, 2.45) is 10.9 Å². The summed E-state index contributed by atoms with van der Waals surface area (Å²) < 4.78 is 5.54. The Labute approximate surface area is 159 Å². The van der Waals surface area contributed by atoms with Gasteiger partial charge in [0.15, 0.2) is 0 Å². The summed E-state index contributed by atoms with van der Waals surface area (Å²) in [6.07, 6.45) is 5.98. The maximum Gasteiger partial charge on any atom is 0.276 e. The molecule has 142 valence electrons. The molecule has 2 heterocycles. The summed E-state index contributed by atoms with van der Waals surface area (Å²) in [6, 6.07) is 5.76. The molecule has 27 heavy (non-hydrogen) atoms. The zero-order valence-electron chi connectivity index (χ0n) is 15.9. The first-order valence-electron chi connectivity index (χ1n) is 9.22. The second-order valence-corrected chi connectivity index (χ2v) is 6.88. The highest BCUT2D eigenvalue weighted by molar-refractivity contribution is 6.13. The Morgan fingerprint density at radius 2 is 2.00 bits per heavy atom. The minimum atomic E-state index is -0.226. The molecule has 1 atom stereocenters. The summed E-state index contributed by atoms with van der Waals surface area (Å²) in [5.74, 6) is 0.753. The van der Waals surface area contributed by atoms with Gasteiger partial charge in [0.05, 0.1) is 23.7 Å². The Kier molecular flexibility index (Phi) is 6.13. The second-order valence-electron chi connectivity index (χ2n) is 6.88. The topological polar surface area (TPSA) is 88.5 Å². The molecule has 0 bridgehead atoms. The molecule has 0 aliphatic carbocycles. The van der Waals surface area contributed by atoms with Crippen molar-refractivity contribution in [3.63, 3.8) is 0 Å². The Morgan fingerprint density at radius 1 is 1.22 bits per heavy atom. The van der Waals surface area contributed by atoms with Crippen molar-refractivity contribution in [1.29, 1.82) is 0 Å². The predicted molar refractivity (Wildman–Crippen MR) is 106 cm³/mol. The van der Waals surface area contributed by atoms with E-state index < -0.39 is 0 Å². The second kappa shape index (κ2) is 8.73. The van der Waals surface area contributed by atoms with Crippen molar-refractivity contribution < 1.29 is 9.53 Å². The monoisotopic (exact) mass is 367 g/mol. The summed E-state index contributed by atoms with van der Waals surface area (Å²) in [7, 11) is 0. The number of nitrogens with zero attached hydrogens (tertiary/aromatic N) is 3. The molecule has 3 rings (SSSR count). The first kappa shape index (κ1) is 19.0. The van der Waals surface area contributed by atoms with E-state index in [1.165, 1.54) is 0 Å². The highest BCUT2D eigenvalue weighted by atomic mass is 16.5. The average Bonchev–Trinajstić information content (AvgIpc) is 2.98. The first-order valence-corrected chi connectivity index (χ1v) is 9.22. The van der Waals surface area contributed by atoms with Gasteiger partial charge in [-0.2, -0.15) is 0 Å². The lowest BCUT2D eigenvalue weighted by Crippen LogP contribution is -2.45. The Morgan fingerprint density at radius 3 is 2.74 bits per heavy atom. The van der Waals surface area contributed by atoms with Crippen LogP contribution in [0.25, 0.3) is 17.1 Å². The van der Waals surface area contributed by atoms with Crippen LogP contribution in [-0.4, -0.2) is 41.1 Å². The third-order valence-electron chi connectivity index (χ3n) is 4.11. The molecule has 2 aromatic rings. The summed E-state index contributed by atoms with van der Waals surface area (Å²) in [4.78, 5) is 25.2. The lowest BCUT2D eigenvalue weighted by Gasteiger charge is -2.20. The van der Waals surface area contributed by atoms with Gasteiger partial charge in [-0.1, -0.05) is 19.9 Å². The number of aliphatic imine (C=N–C) groups is 1. The van der Waals surface area contributed by atoms with E-state index in [2.05, 4.69) is 39.4 Å². The van der Waals surface area contributed by atoms with Crippen molar-refractivity contribution in [3.8, 4) is 0 Å². The molecule has 1 aromatic heterocycles. The third kappa shape index (κ3) is 5.10. The fraction of sp³-hybridized carbons (Fsp3) is 0.400. The number of carbonyl (C=O) groups is 1. The van der Waals surface area contributed by atoms with Gasteiger partial charge in [-0.15, -0.1) is 0 Å². The first-order chi connectivity index (χ1) is 13.0. The smallest absolute Gasteiger partial charge is 0.276 e. The highest BCUT2D eigenvalue weighted by Crippen LogP contribution is 2.16. The van der Waals surface area contributed by atoms with Crippen LogP contribution in [0, 0.1) is 5.92 Å². The van der Waals surface area contributed by atoms with Crippen LogP contribution in [0.5, 0.6) is 0 Å². The molecule has 7 nitrogen and oxygen atoms in total. The number of ether oxygens (including phenoxy) is 1. The molecule has 0 spiro atoms. The fourth-order valence-corrected chi connectivity index (χ4v) is 2.96. The van der Waals surface area contributed by atoms with Gasteiger partial charge in [-0.05, 0) is 43.0 Å². The van der Waals surface area contributed by atoms with Gasteiger partial charge in [0.2, 0.25) is 5.96 Å². The number of carbonyl (C=O) groups excluding carboxylic acids is 1. The van der Waals surface area contributed by atoms with E-state index in [0.717, 1.165) is 23.0 Å². The molecule has 0 fully saturated rings. The molecule has 0 radical (unpaired) electrons. The number of nitrogens with one attached hydrogen (secondary N) is 2. The van der Waals surface area contributed by atoms with Crippen molar-refractivity contribution >= 4 is 29.0 Å². The molecule has 7 heteroatoms. The van der Waals surface area contributed by atoms with Crippen molar-refractivity contribution in [1.82, 2.24) is 20.6 Å². The highest BCUT2D eigenvalue weighted by Gasteiger charge is 2.22. The lowest BCUT2D eigenvalue weighted by atomic mass is 10.0. The summed E-state index contributed by atoms with van der Waals surface area (Å²) >= 11 is 0. The normalized spacial score (nSPS) is 16.7. The molecule has 0 saturated heterocycles. The minimum absolute atomic E-state index is 0.0966. The van der Waals surface area contributed by atoms with Crippen LogP contribution in [0.15, 0.2) is 41.3 Å². The quantitative estimate of drug-likeness (QED) is 0.734. The number of aromatic nitrogens is 2. The number of amides is 1. The van der Waals surface area contributed by atoms with E-state index in [4.69, 9.17) is 4.74 Å². The Hall–Kier alpha value is -2.80. The largest absolute Gasteiger partial charge is 0.380 e. The lowest BCUT2D eigenvalue weighted by molar-refractivity contribution is -0.115. The van der Waals surface area contributed by atoms with Crippen LogP contribution >= 0.6 is 0 Å². The zero-order valence-corrected chi connectivity index (χ0v) is 15.9. The van der Waals surface area contributed by atoms with Gasteiger partial charge >= 0.3 is 0 Å². The van der Waals surface area contributed by atoms with E-state index in [9.17, 15) is 4.79 Å². The van der Waals surface area contributed by atoms with Crippen molar-refractivity contribution in [2.75, 3.05) is 13.2 Å². The van der Waals surface area contributed by atoms with Gasteiger partial charge in [0, 0.05) is 19.0 Å². The van der Waals surface area contributed by atoms with Gasteiger partial charge in [-0.25, -0.2) is 4.99 Å². The number of rotatable bonds is 7. The van der Waals surface area contributed by atoms with Crippen molar-refractivity contribution in [3.05, 3.63) is 41.9 Å². The van der Waals surface area contributed by atoms with E-state index in [1.807, 2.05) is 25.1 Å². The molecular weight excluding hydrogens is 342 g/mol. The van der Waals surface area contributed by atoms with Gasteiger partial charge in [0.1, 0.15) is 5.70 Å².